The van der Waals surface area contributed by atoms with Crippen LogP contribution in [-0.4, -0.2) is 30.0 Å². The Balaban J connectivity index is 2.56. The molecule has 0 spiro atoms. The molecule has 0 aromatic heterocycles. The second kappa shape index (κ2) is 6.84. The molecule has 1 aliphatic heterocycles. The van der Waals surface area contributed by atoms with Crippen molar-refractivity contribution in [3.8, 4) is 0 Å². The molecule has 0 radical (unpaired) electrons. The second-order valence-electron chi connectivity index (χ2n) is 4.21. The molecule has 21 heavy (non-hydrogen) atoms. The fraction of sp³-hybridized carbons (Fsp3) is 1.00. The Bertz CT molecular complexity index is 504. The maximum atomic E-state index is 11.3. The number of aliphatic hydroxyl groups excluding tert-OH is 1. The highest BCUT2D eigenvalue weighted by molar-refractivity contribution is 7.65. The molecule has 5 unspecified atom stereocenters. The molecule has 0 aromatic rings. The lowest BCUT2D eigenvalue weighted by molar-refractivity contribution is -0.339. The van der Waals surface area contributed by atoms with Gasteiger partial charge in [0.2, 0.25) is 7.75 Å². The zero-order valence-electron chi connectivity index (χ0n) is 10.5. The van der Waals surface area contributed by atoms with E-state index in [9.17, 15) is 38.4 Å². The third kappa shape index (κ3) is 7.43. The first-order valence-corrected chi connectivity index (χ1v) is 9.91. The van der Waals surface area contributed by atoms with Crippen LogP contribution in [-0.2, 0) is 27.1 Å². The van der Waals surface area contributed by atoms with E-state index >= 15 is 0 Å². The Morgan fingerprint density at radius 3 is 2.24 bits per heavy atom. The topological polar surface area (TPSA) is 203 Å². The smallest absolute Gasteiger partial charge is 0.277 e. The van der Waals surface area contributed by atoms with Gasteiger partial charge in [0.15, 0.2) is 0 Å². The first-order valence-electron chi connectivity index (χ1n) is 5.45. The molecule has 126 valence electrons. The summed E-state index contributed by atoms with van der Waals surface area (Å²) in [7, 11) is -17.2. The number of hydrogen-bond donors (Lipinski definition) is 2. The summed E-state index contributed by atoms with van der Waals surface area (Å²) in [5.74, 6) is 0. The van der Waals surface area contributed by atoms with E-state index < -0.39 is 42.1 Å². The van der Waals surface area contributed by atoms with Gasteiger partial charge in [-0.25, -0.2) is 0 Å². The molecule has 1 saturated heterocycles. The molecule has 0 bridgehead atoms. The van der Waals surface area contributed by atoms with E-state index in [0.29, 0.717) is 0 Å². The van der Waals surface area contributed by atoms with Gasteiger partial charge in [0.25, 0.3) is 7.82 Å². The van der Waals surface area contributed by atoms with Gasteiger partial charge in [0.1, 0.15) is 0 Å². The summed E-state index contributed by atoms with van der Waals surface area (Å²) in [4.78, 5) is 42.4. The van der Waals surface area contributed by atoms with E-state index in [0.717, 1.165) is 0 Å². The molecule has 12 nitrogen and oxygen atoms in total. The highest BCUT2D eigenvalue weighted by Crippen LogP contribution is 2.58. The molecule has 1 fully saturated rings. The maximum absolute atomic E-state index is 11.3. The van der Waals surface area contributed by atoms with Crippen molar-refractivity contribution in [1.29, 1.82) is 0 Å². The third-order valence-electron chi connectivity index (χ3n) is 2.30. The van der Waals surface area contributed by atoms with Crippen molar-refractivity contribution in [3.63, 3.8) is 0 Å². The van der Waals surface area contributed by atoms with E-state index in [1.807, 2.05) is 0 Å². The van der Waals surface area contributed by atoms with Gasteiger partial charge in [-0.05, 0) is 6.92 Å². The normalized spacial score (nSPS) is 32.6. The number of rotatable bonds is 7. The molecule has 15 heteroatoms. The van der Waals surface area contributed by atoms with Crippen molar-refractivity contribution in [2.24, 2.45) is 0 Å². The zero-order valence-corrected chi connectivity index (χ0v) is 13.2. The number of nitrogens with one attached hydrogen (secondary N) is 1. The summed E-state index contributed by atoms with van der Waals surface area (Å²) in [6.07, 6.45) is -1.96. The summed E-state index contributed by atoms with van der Waals surface area (Å²) in [5.41, 5.74) is 0. The minimum Gasteiger partial charge on any atom is -0.790 e. The highest BCUT2D eigenvalue weighted by atomic mass is 31.3. The highest BCUT2D eigenvalue weighted by Gasteiger charge is 2.32. The van der Waals surface area contributed by atoms with E-state index in [4.69, 9.17) is 4.74 Å². The Morgan fingerprint density at radius 2 is 1.81 bits per heavy atom. The van der Waals surface area contributed by atoms with Crippen molar-refractivity contribution >= 4 is 23.4 Å². The molecule has 1 rings (SSSR count). The molecule has 0 aromatic carbocycles. The van der Waals surface area contributed by atoms with Gasteiger partial charge in [-0.3, -0.25) is 22.8 Å². The van der Waals surface area contributed by atoms with Crippen LogP contribution in [0, 0.1) is 0 Å². The van der Waals surface area contributed by atoms with Crippen LogP contribution in [0.4, 0.5) is 0 Å². The summed E-state index contributed by atoms with van der Waals surface area (Å²) in [6, 6.07) is 0. The van der Waals surface area contributed by atoms with Crippen LogP contribution >= 0.6 is 23.4 Å². The van der Waals surface area contributed by atoms with Gasteiger partial charge in [-0.1, -0.05) is 0 Å². The summed E-state index contributed by atoms with van der Waals surface area (Å²) < 4.78 is 43.9. The fourth-order valence-corrected chi connectivity index (χ4v) is 4.68. The fourth-order valence-electron chi connectivity index (χ4n) is 1.62. The zero-order chi connectivity index (χ0) is 16.5. The first-order chi connectivity index (χ1) is 9.30. The van der Waals surface area contributed by atoms with Gasteiger partial charge in [0, 0.05) is 13.0 Å². The Hall–Kier alpha value is 0.330. The van der Waals surface area contributed by atoms with Gasteiger partial charge in [-0.15, -0.1) is 0 Å². The number of phosphoric acid groups is 2. The molecule has 0 amide bonds. The number of hydrogen-bond acceptors (Lipinski definition) is 11. The van der Waals surface area contributed by atoms with Crippen molar-refractivity contribution in [2.75, 3.05) is 6.54 Å². The van der Waals surface area contributed by atoms with Gasteiger partial charge in [0.05, 0.1) is 26.1 Å². The molecule has 2 N–H and O–H groups in total. The third-order valence-corrected chi connectivity index (χ3v) is 6.13. The van der Waals surface area contributed by atoms with Crippen LogP contribution in [0.3, 0.4) is 0 Å². The molecule has 1 heterocycles. The summed E-state index contributed by atoms with van der Waals surface area (Å²) >= 11 is 0. The molecule has 5 atom stereocenters. The lowest BCUT2D eigenvalue weighted by atomic mass is 10.1. The Labute approximate surface area is 119 Å². The largest absolute Gasteiger partial charge is 0.790 e. The van der Waals surface area contributed by atoms with Gasteiger partial charge < -0.3 is 34.0 Å². The van der Waals surface area contributed by atoms with E-state index in [1.54, 1.807) is 12.0 Å². The molecular formula is C6H12NO11P3-4. The Kier molecular flexibility index (Phi) is 6.31. The molecular weight excluding hydrogens is 355 g/mol. The second-order valence-corrected chi connectivity index (χ2v) is 8.61. The monoisotopic (exact) mass is 367 g/mol. The average molecular weight is 367 g/mol. The number of ether oxygens (including phenoxy) is 1. The predicted octanol–water partition coefficient (Wildman–Crippen LogP) is -3.09. The number of aliphatic hydroxyl groups is 1. The van der Waals surface area contributed by atoms with Crippen molar-refractivity contribution in [3.05, 3.63) is 0 Å². The van der Waals surface area contributed by atoms with Crippen LogP contribution in [0.25, 0.3) is 0 Å². The predicted molar refractivity (Wildman–Crippen MR) is 58.0 cm³/mol. The summed E-state index contributed by atoms with van der Waals surface area (Å²) in [6.45, 7) is 1.12. The van der Waals surface area contributed by atoms with E-state index in [2.05, 4.69) is 8.62 Å². The van der Waals surface area contributed by atoms with Crippen LogP contribution in [0.2, 0.25) is 0 Å². The quantitative estimate of drug-likeness (QED) is 0.430. The van der Waals surface area contributed by atoms with Crippen LogP contribution in [0.5, 0.6) is 0 Å². The standard InChI is InChI=1S/C6H16NO11P3/c1-4-2-5(8)6(16-4)3-7-19(9,10)17-21(14,15)18-20(11,12)13/h4-6,8H,2-3H2,1H3,(H,14,15)(H2,7,9,10)(H2,11,12,13)/p-4. The molecule has 0 aliphatic carbocycles. The van der Waals surface area contributed by atoms with Crippen molar-refractivity contribution in [2.45, 2.75) is 31.7 Å². The molecule has 1 aliphatic rings. The van der Waals surface area contributed by atoms with Crippen LogP contribution < -0.4 is 24.7 Å². The lowest BCUT2D eigenvalue weighted by Gasteiger charge is -2.38. The van der Waals surface area contributed by atoms with Crippen LogP contribution in [0.1, 0.15) is 13.3 Å². The van der Waals surface area contributed by atoms with Crippen molar-refractivity contribution < 1.29 is 51.7 Å². The minimum atomic E-state index is -5.98. The Morgan fingerprint density at radius 1 is 1.24 bits per heavy atom. The lowest BCUT2D eigenvalue weighted by Crippen LogP contribution is -2.35. The van der Waals surface area contributed by atoms with E-state index in [1.165, 1.54) is 0 Å². The van der Waals surface area contributed by atoms with Crippen LogP contribution in [0.15, 0.2) is 0 Å². The van der Waals surface area contributed by atoms with Gasteiger partial charge in [-0.2, -0.15) is 0 Å². The minimum absolute atomic E-state index is 0.259. The SMILES string of the molecule is CC1CC(O)C(CNP(=O)([O-])OP(=O)([O-])OP(=O)([O-])[O-])O1. The van der Waals surface area contributed by atoms with Crippen molar-refractivity contribution in [1.82, 2.24) is 5.09 Å². The maximum Gasteiger partial charge on any atom is 0.277 e. The van der Waals surface area contributed by atoms with E-state index in [-0.39, 0.29) is 12.5 Å². The first kappa shape index (κ1) is 19.4. The molecule has 0 saturated carbocycles. The van der Waals surface area contributed by atoms with Gasteiger partial charge >= 0.3 is 0 Å². The average Bonchev–Trinajstić information content (AvgIpc) is 2.48. The summed E-state index contributed by atoms with van der Waals surface area (Å²) in [5, 5.41) is 11.1.